The number of carboxylic acid groups (broad SMARTS) is 1. The highest BCUT2D eigenvalue weighted by molar-refractivity contribution is 5.70. The highest BCUT2D eigenvalue weighted by Crippen LogP contribution is 2.28. The molecule has 0 saturated carbocycles. The summed E-state index contributed by atoms with van der Waals surface area (Å²) in [5.74, 6) is -1.29. The Morgan fingerprint density at radius 2 is 2.35 bits per heavy atom. The van der Waals surface area contributed by atoms with Gasteiger partial charge in [-0.15, -0.1) is 0 Å². The Kier molecular flexibility index (Phi) is 3.43. The molecule has 2 N–H and O–H groups in total. The Bertz CT molecular complexity index is 433. The van der Waals surface area contributed by atoms with Gasteiger partial charge in [-0.3, -0.25) is 4.79 Å². The summed E-state index contributed by atoms with van der Waals surface area (Å²) in [5, 5.41) is 12.1. The first-order valence-electron chi connectivity index (χ1n) is 5.86. The third kappa shape index (κ3) is 2.47. The molecule has 1 aromatic rings. The summed E-state index contributed by atoms with van der Waals surface area (Å²) in [7, 11) is 0. The van der Waals surface area contributed by atoms with Crippen molar-refractivity contribution in [3.8, 4) is 0 Å². The molecule has 0 aromatic heterocycles. The molecular weight excluding hydrogens is 221 g/mol. The van der Waals surface area contributed by atoms with Crippen molar-refractivity contribution in [2.24, 2.45) is 5.92 Å². The molecule has 3 nitrogen and oxygen atoms in total. The molecule has 1 aliphatic heterocycles. The molecule has 17 heavy (non-hydrogen) atoms. The Morgan fingerprint density at radius 1 is 1.59 bits per heavy atom. The second kappa shape index (κ2) is 4.84. The molecular formula is C13H16FNO2. The summed E-state index contributed by atoms with van der Waals surface area (Å²) >= 11 is 0. The molecule has 2 unspecified atom stereocenters. The lowest BCUT2D eigenvalue weighted by molar-refractivity contribution is -0.141. The molecule has 2 rings (SSSR count). The van der Waals surface area contributed by atoms with Gasteiger partial charge in [0.2, 0.25) is 0 Å². The van der Waals surface area contributed by atoms with E-state index in [0.717, 1.165) is 5.56 Å². The van der Waals surface area contributed by atoms with Crippen molar-refractivity contribution >= 4 is 5.97 Å². The topological polar surface area (TPSA) is 49.3 Å². The summed E-state index contributed by atoms with van der Waals surface area (Å²) in [4.78, 5) is 10.9. The van der Waals surface area contributed by atoms with Gasteiger partial charge in [-0.2, -0.15) is 0 Å². The molecule has 0 radical (unpaired) electrons. The number of benzene rings is 1. The fraction of sp³-hybridized carbons (Fsp3) is 0.462. The first-order valence-corrected chi connectivity index (χ1v) is 5.86. The molecule has 0 aliphatic carbocycles. The van der Waals surface area contributed by atoms with Gasteiger partial charge in [0.15, 0.2) is 0 Å². The van der Waals surface area contributed by atoms with Crippen molar-refractivity contribution < 1.29 is 14.3 Å². The third-order valence-corrected chi connectivity index (χ3v) is 3.33. The zero-order valence-corrected chi connectivity index (χ0v) is 9.74. The van der Waals surface area contributed by atoms with Crippen LogP contribution in [0.3, 0.4) is 0 Å². The Morgan fingerprint density at radius 3 is 2.94 bits per heavy atom. The number of rotatable bonds is 3. The smallest absolute Gasteiger partial charge is 0.307 e. The Hall–Kier alpha value is -1.42. The van der Waals surface area contributed by atoms with Crippen LogP contribution in [0.2, 0.25) is 0 Å². The van der Waals surface area contributed by atoms with Gasteiger partial charge in [0.25, 0.3) is 0 Å². The Balaban J connectivity index is 2.16. The average Bonchev–Trinajstić information content (AvgIpc) is 2.79. The molecule has 1 heterocycles. The van der Waals surface area contributed by atoms with Crippen LogP contribution >= 0.6 is 0 Å². The summed E-state index contributed by atoms with van der Waals surface area (Å²) in [6.07, 6.45) is 1.22. The lowest BCUT2D eigenvalue weighted by Crippen LogP contribution is -2.17. The van der Waals surface area contributed by atoms with Crippen molar-refractivity contribution in [2.75, 3.05) is 6.54 Å². The minimum atomic E-state index is -0.766. The van der Waals surface area contributed by atoms with Crippen molar-refractivity contribution in [3.05, 3.63) is 35.1 Å². The summed E-state index contributed by atoms with van der Waals surface area (Å²) in [5.41, 5.74) is 1.66. The van der Waals surface area contributed by atoms with Crippen LogP contribution < -0.4 is 5.32 Å². The number of halogens is 1. The number of hydrogen-bond acceptors (Lipinski definition) is 2. The average molecular weight is 237 g/mol. The van der Waals surface area contributed by atoms with Crippen LogP contribution in [0.25, 0.3) is 0 Å². The van der Waals surface area contributed by atoms with Crippen molar-refractivity contribution in [1.29, 1.82) is 0 Å². The normalized spacial score (nSPS) is 23.9. The molecule has 1 fully saturated rings. The molecule has 4 heteroatoms. The number of carbonyl (C=O) groups is 1. The fourth-order valence-corrected chi connectivity index (χ4v) is 2.26. The van der Waals surface area contributed by atoms with Gasteiger partial charge < -0.3 is 10.4 Å². The third-order valence-electron chi connectivity index (χ3n) is 3.33. The predicted molar refractivity (Wildman–Crippen MR) is 62.3 cm³/mol. The standard InChI is InChI=1S/C13H16FNO2/c1-2-8-5-9(3-4-11(8)14)12-6-10(7-15-12)13(16)17/h3-5,10,12,15H,2,6-7H2,1H3,(H,16,17). The SMILES string of the molecule is CCc1cc(C2CC(C(=O)O)CN2)ccc1F. The van der Waals surface area contributed by atoms with Gasteiger partial charge in [0.05, 0.1) is 5.92 Å². The van der Waals surface area contributed by atoms with Crippen LogP contribution in [0.5, 0.6) is 0 Å². The summed E-state index contributed by atoms with van der Waals surface area (Å²) < 4.78 is 13.3. The largest absolute Gasteiger partial charge is 0.481 e. The monoisotopic (exact) mass is 237 g/mol. The summed E-state index contributed by atoms with van der Waals surface area (Å²) in [6, 6.07) is 5.05. The number of hydrogen-bond donors (Lipinski definition) is 2. The van der Waals surface area contributed by atoms with Crippen molar-refractivity contribution in [1.82, 2.24) is 5.32 Å². The fourth-order valence-electron chi connectivity index (χ4n) is 2.26. The quantitative estimate of drug-likeness (QED) is 0.846. The van der Waals surface area contributed by atoms with Crippen LogP contribution in [0.15, 0.2) is 18.2 Å². The molecule has 1 saturated heterocycles. The minimum Gasteiger partial charge on any atom is -0.481 e. The maximum Gasteiger partial charge on any atom is 0.307 e. The maximum absolute atomic E-state index is 13.3. The van der Waals surface area contributed by atoms with Gasteiger partial charge >= 0.3 is 5.97 Å². The van der Waals surface area contributed by atoms with Crippen LogP contribution in [-0.2, 0) is 11.2 Å². The zero-order chi connectivity index (χ0) is 12.4. The first-order chi connectivity index (χ1) is 8.11. The van der Waals surface area contributed by atoms with Gasteiger partial charge in [0, 0.05) is 12.6 Å². The van der Waals surface area contributed by atoms with Crippen molar-refractivity contribution in [3.63, 3.8) is 0 Å². The number of aliphatic carboxylic acids is 1. The first kappa shape index (κ1) is 12.0. The number of nitrogens with one attached hydrogen (secondary N) is 1. The zero-order valence-electron chi connectivity index (χ0n) is 9.74. The van der Waals surface area contributed by atoms with E-state index in [-0.39, 0.29) is 17.8 Å². The molecule has 1 aliphatic rings. The van der Waals surface area contributed by atoms with Gasteiger partial charge in [-0.25, -0.2) is 4.39 Å². The number of carboxylic acids is 1. The van der Waals surface area contributed by atoms with Crippen LogP contribution in [0, 0.1) is 11.7 Å². The van der Waals surface area contributed by atoms with E-state index >= 15 is 0 Å². The highest BCUT2D eigenvalue weighted by atomic mass is 19.1. The van der Waals surface area contributed by atoms with E-state index in [9.17, 15) is 9.18 Å². The highest BCUT2D eigenvalue weighted by Gasteiger charge is 2.30. The van der Waals surface area contributed by atoms with Crippen LogP contribution in [0.4, 0.5) is 4.39 Å². The van der Waals surface area contributed by atoms with E-state index in [4.69, 9.17) is 5.11 Å². The minimum absolute atomic E-state index is 0.0296. The predicted octanol–water partition coefficient (Wildman–Crippen LogP) is 2.12. The van der Waals surface area contributed by atoms with Crippen LogP contribution in [0.1, 0.15) is 30.5 Å². The Labute approximate surface area is 99.7 Å². The van der Waals surface area contributed by atoms with E-state index in [2.05, 4.69) is 5.32 Å². The lowest BCUT2D eigenvalue weighted by atomic mass is 9.98. The second-order valence-corrected chi connectivity index (χ2v) is 4.44. The maximum atomic E-state index is 13.3. The molecule has 92 valence electrons. The van der Waals surface area contributed by atoms with Gasteiger partial charge in [-0.1, -0.05) is 19.1 Å². The molecule has 1 aromatic carbocycles. The molecule has 0 bridgehead atoms. The number of aryl methyl sites for hydroxylation is 1. The van der Waals surface area contributed by atoms with E-state index < -0.39 is 5.97 Å². The van der Waals surface area contributed by atoms with Gasteiger partial charge in [-0.05, 0) is 30.0 Å². The molecule has 0 amide bonds. The molecule has 2 atom stereocenters. The summed E-state index contributed by atoms with van der Waals surface area (Å²) in [6.45, 7) is 2.39. The lowest BCUT2D eigenvalue weighted by Gasteiger charge is -2.12. The second-order valence-electron chi connectivity index (χ2n) is 4.44. The van der Waals surface area contributed by atoms with E-state index in [1.807, 2.05) is 13.0 Å². The van der Waals surface area contributed by atoms with Crippen LogP contribution in [-0.4, -0.2) is 17.6 Å². The van der Waals surface area contributed by atoms with E-state index in [0.29, 0.717) is 24.9 Å². The molecule has 0 spiro atoms. The van der Waals surface area contributed by atoms with Crippen molar-refractivity contribution in [2.45, 2.75) is 25.8 Å². The van der Waals surface area contributed by atoms with E-state index in [1.54, 1.807) is 6.07 Å². The van der Waals surface area contributed by atoms with Gasteiger partial charge in [0.1, 0.15) is 5.82 Å². The van der Waals surface area contributed by atoms with E-state index in [1.165, 1.54) is 6.07 Å².